The molecule has 1 aromatic heterocycles. The van der Waals surface area contributed by atoms with Gasteiger partial charge in [-0.15, -0.1) is 5.10 Å². The molecule has 1 heterocycles. The third-order valence-corrected chi connectivity index (χ3v) is 3.75. The van der Waals surface area contributed by atoms with Gasteiger partial charge >= 0.3 is 0 Å². The molecule has 0 bridgehead atoms. The van der Waals surface area contributed by atoms with Crippen molar-refractivity contribution >= 4 is 0 Å². The van der Waals surface area contributed by atoms with Crippen LogP contribution in [0.25, 0.3) is 0 Å². The zero-order valence-electron chi connectivity index (χ0n) is 13.5. The van der Waals surface area contributed by atoms with Crippen molar-refractivity contribution in [1.82, 2.24) is 15.0 Å². The Labute approximate surface area is 131 Å². The van der Waals surface area contributed by atoms with Gasteiger partial charge in [-0.3, -0.25) is 0 Å². The largest absolute Gasteiger partial charge is 0.487 e. The summed E-state index contributed by atoms with van der Waals surface area (Å²) >= 11 is 0. The minimum absolute atomic E-state index is 0.110. The third kappa shape index (κ3) is 4.31. The maximum atomic E-state index is 9.40. The molecule has 0 aliphatic carbocycles. The van der Waals surface area contributed by atoms with Gasteiger partial charge in [0.2, 0.25) is 0 Å². The molecule has 0 atom stereocenters. The highest BCUT2D eigenvalue weighted by molar-refractivity contribution is 5.27. The van der Waals surface area contributed by atoms with E-state index in [1.165, 1.54) is 5.56 Å². The van der Waals surface area contributed by atoms with Crippen molar-refractivity contribution in [2.45, 2.75) is 59.3 Å². The van der Waals surface area contributed by atoms with E-state index in [1.54, 1.807) is 0 Å². The van der Waals surface area contributed by atoms with Crippen molar-refractivity contribution in [3.63, 3.8) is 0 Å². The van der Waals surface area contributed by atoms with Crippen LogP contribution in [0.3, 0.4) is 0 Å². The lowest BCUT2D eigenvalue weighted by atomic mass is 10.2. The van der Waals surface area contributed by atoms with Gasteiger partial charge in [-0.2, -0.15) is 0 Å². The number of aromatic nitrogens is 3. The zero-order valence-corrected chi connectivity index (χ0v) is 13.5. The molecule has 0 unspecified atom stereocenters. The quantitative estimate of drug-likeness (QED) is 0.723. The van der Waals surface area contributed by atoms with Crippen LogP contribution in [0.15, 0.2) is 24.3 Å². The molecule has 0 saturated heterocycles. The van der Waals surface area contributed by atoms with E-state index in [2.05, 4.69) is 36.3 Å². The molecule has 5 nitrogen and oxygen atoms in total. The number of nitrogens with zero attached hydrogens (tertiary/aromatic N) is 3. The van der Waals surface area contributed by atoms with E-state index in [0.717, 1.165) is 43.7 Å². The van der Waals surface area contributed by atoms with Gasteiger partial charge < -0.3 is 9.84 Å². The number of hydrogen-bond acceptors (Lipinski definition) is 4. The van der Waals surface area contributed by atoms with Gasteiger partial charge in [-0.05, 0) is 30.5 Å². The molecule has 1 N–H and O–H groups in total. The first kappa shape index (κ1) is 16.5. The molecule has 2 rings (SSSR count). The number of aliphatic hydroxyl groups is 1. The Hall–Kier alpha value is -1.88. The first-order valence-corrected chi connectivity index (χ1v) is 8.02. The molecule has 0 spiro atoms. The fourth-order valence-electron chi connectivity index (χ4n) is 2.31. The molecule has 120 valence electrons. The van der Waals surface area contributed by atoms with Crippen molar-refractivity contribution in [3.8, 4) is 5.75 Å². The van der Waals surface area contributed by atoms with Crippen molar-refractivity contribution in [2.75, 3.05) is 0 Å². The number of ether oxygens (including phenoxy) is 1. The number of unbranched alkanes of at least 4 members (excludes halogenated alkanes) is 2. The SMILES string of the molecule is CCCCCn1nnc(CO)c1COc1ccc(CC)cc1. The van der Waals surface area contributed by atoms with E-state index in [0.29, 0.717) is 12.3 Å². The molecule has 0 aliphatic heterocycles. The molecule has 0 saturated carbocycles. The number of hydrogen-bond donors (Lipinski definition) is 1. The van der Waals surface area contributed by atoms with Gasteiger partial charge in [0.25, 0.3) is 0 Å². The van der Waals surface area contributed by atoms with Crippen LogP contribution in [0.1, 0.15) is 50.1 Å². The lowest BCUT2D eigenvalue weighted by molar-refractivity contribution is 0.261. The van der Waals surface area contributed by atoms with Crippen molar-refractivity contribution in [1.29, 1.82) is 0 Å². The second-order valence-electron chi connectivity index (χ2n) is 5.36. The summed E-state index contributed by atoms with van der Waals surface area (Å²) in [4.78, 5) is 0. The van der Waals surface area contributed by atoms with Crippen molar-refractivity contribution in [3.05, 3.63) is 41.2 Å². The molecule has 22 heavy (non-hydrogen) atoms. The van der Waals surface area contributed by atoms with Crippen LogP contribution in [0.5, 0.6) is 5.75 Å². The molecule has 0 radical (unpaired) electrons. The average Bonchev–Trinajstić information content (AvgIpc) is 2.95. The Morgan fingerprint density at radius 2 is 1.91 bits per heavy atom. The number of aliphatic hydroxyl groups excluding tert-OH is 1. The Balaban J connectivity index is 2.01. The standard InChI is InChI=1S/C17H25N3O2/c1-3-5-6-11-20-17(16(12-21)18-19-20)13-22-15-9-7-14(4-2)8-10-15/h7-10,21H,3-6,11-13H2,1-2H3. The van der Waals surface area contributed by atoms with Crippen LogP contribution in [-0.2, 0) is 26.2 Å². The van der Waals surface area contributed by atoms with E-state index < -0.39 is 0 Å². The molecule has 1 aromatic carbocycles. The van der Waals surface area contributed by atoms with Crippen molar-refractivity contribution in [2.24, 2.45) is 0 Å². The van der Waals surface area contributed by atoms with E-state index in [-0.39, 0.29) is 6.61 Å². The topological polar surface area (TPSA) is 60.2 Å². The average molecular weight is 303 g/mol. The van der Waals surface area contributed by atoms with Gasteiger partial charge in [-0.1, -0.05) is 44.0 Å². The minimum Gasteiger partial charge on any atom is -0.487 e. The lowest BCUT2D eigenvalue weighted by Crippen LogP contribution is -2.09. The predicted molar refractivity (Wildman–Crippen MR) is 85.6 cm³/mol. The Bertz CT molecular complexity index is 564. The van der Waals surface area contributed by atoms with E-state index >= 15 is 0 Å². The number of aryl methyl sites for hydroxylation is 2. The highest BCUT2D eigenvalue weighted by atomic mass is 16.5. The van der Waals surface area contributed by atoms with Gasteiger partial charge in [0.1, 0.15) is 23.7 Å². The summed E-state index contributed by atoms with van der Waals surface area (Å²) in [5.41, 5.74) is 2.74. The lowest BCUT2D eigenvalue weighted by Gasteiger charge is -2.10. The highest BCUT2D eigenvalue weighted by Crippen LogP contribution is 2.16. The normalized spacial score (nSPS) is 10.9. The fourth-order valence-corrected chi connectivity index (χ4v) is 2.31. The first-order valence-electron chi connectivity index (χ1n) is 8.02. The molecule has 0 aliphatic rings. The summed E-state index contributed by atoms with van der Waals surface area (Å²) in [6, 6.07) is 8.09. The van der Waals surface area contributed by atoms with Crippen LogP contribution < -0.4 is 4.74 Å². The zero-order chi connectivity index (χ0) is 15.8. The van der Waals surface area contributed by atoms with Gasteiger partial charge in [0.15, 0.2) is 0 Å². The fraction of sp³-hybridized carbons (Fsp3) is 0.529. The molecular formula is C17H25N3O2. The molecule has 5 heteroatoms. The van der Waals surface area contributed by atoms with E-state index in [9.17, 15) is 5.11 Å². The Morgan fingerprint density at radius 3 is 2.55 bits per heavy atom. The number of benzene rings is 1. The summed E-state index contributed by atoms with van der Waals surface area (Å²) in [6.07, 6.45) is 4.40. The smallest absolute Gasteiger partial charge is 0.132 e. The predicted octanol–water partition coefficient (Wildman–Crippen LogP) is 3.10. The monoisotopic (exact) mass is 303 g/mol. The van der Waals surface area contributed by atoms with Crippen LogP contribution in [0.2, 0.25) is 0 Å². The van der Waals surface area contributed by atoms with Crippen LogP contribution in [0, 0.1) is 0 Å². The summed E-state index contributed by atoms with van der Waals surface area (Å²) in [5, 5.41) is 17.6. The van der Waals surface area contributed by atoms with Crippen LogP contribution in [0.4, 0.5) is 0 Å². The summed E-state index contributed by atoms with van der Waals surface area (Å²) < 4.78 is 7.68. The summed E-state index contributed by atoms with van der Waals surface area (Å²) in [5.74, 6) is 0.822. The van der Waals surface area contributed by atoms with E-state index in [4.69, 9.17) is 4.74 Å². The maximum absolute atomic E-state index is 9.40. The van der Waals surface area contributed by atoms with Gasteiger partial charge in [0.05, 0.1) is 6.61 Å². The summed E-state index contributed by atoms with van der Waals surface area (Å²) in [7, 11) is 0. The van der Waals surface area contributed by atoms with Crippen LogP contribution in [-0.4, -0.2) is 20.1 Å². The molecule has 2 aromatic rings. The molecule has 0 amide bonds. The second-order valence-corrected chi connectivity index (χ2v) is 5.36. The Kier molecular flexibility index (Phi) is 6.40. The minimum atomic E-state index is -0.110. The molecular weight excluding hydrogens is 278 g/mol. The third-order valence-electron chi connectivity index (χ3n) is 3.75. The van der Waals surface area contributed by atoms with Crippen molar-refractivity contribution < 1.29 is 9.84 Å². The van der Waals surface area contributed by atoms with Crippen LogP contribution >= 0.6 is 0 Å². The maximum Gasteiger partial charge on any atom is 0.132 e. The first-order chi connectivity index (χ1) is 10.8. The second kappa shape index (κ2) is 8.54. The summed E-state index contributed by atoms with van der Waals surface area (Å²) in [6.45, 7) is 5.38. The van der Waals surface area contributed by atoms with Gasteiger partial charge in [-0.25, -0.2) is 4.68 Å². The van der Waals surface area contributed by atoms with E-state index in [1.807, 2.05) is 16.8 Å². The molecule has 0 fully saturated rings. The Morgan fingerprint density at radius 1 is 1.14 bits per heavy atom. The highest BCUT2D eigenvalue weighted by Gasteiger charge is 2.12. The van der Waals surface area contributed by atoms with Gasteiger partial charge in [0, 0.05) is 6.54 Å². The number of rotatable bonds is 9.